The van der Waals surface area contributed by atoms with E-state index < -0.39 is 0 Å². The third-order valence-corrected chi connectivity index (χ3v) is 4.10. The van der Waals surface area contributed by atoms with Crippen molar-refractivity contribution in [2.24, 2.45) is 11.7 Å². The molecule has 5 nitrogen and oxygen atoms in total. The molecule has 0 aliphatic rings. The summed E-state index contributed by atoms with van der Waals surface area (Å²) in [5.74, 6) is 1.41. The van der Waals surface area contributed by atoms with E-state index in [1.807, 2.05) is 0 Å². The maximum absolute atomic E-state index is 5.85. The fourth-order valence-electron chi connectivity index (χ4n) is 2.76. The standard InChI is InChI=1S/C17H27N5/c1-12(10-14(11-18)16-19-21-22-20-16)9-13-5-7-15(8-6-13)17(2,3)4/h5-8,12,14H,9-11,18H2,1-4H3,(H,19,20,21,22). The van der Waals surface area contributed by atoms with Crippen molar-refractivity contribution in [2.45, 2.75) is 51.9 Å². The first-order chi connectivity index (χ1) is 10.4. The van der Waals surface area contributed by atoms with E-state index in [-0.39, 0.29) is 11.3 Å². The minimum atomic E-state index is 0.169. The molecule has 2 rings (SSSR count). The van der Waals surface area contributed by atoms with Gasteiger partial charge in [-0.1, -0.05) is 57.2 Å². The van der Waals surface area contributed by atoms with Crippen LogP contribution in [0.2, 0.25) is 0 Å². The zero-order valence-corrected chi connectivity index (χ0v) is 14.0. The van der Waals surface area contributed by atoms with Crippen LogP contribution in [0.4, 0.5) is 0 Å². The van der Waals surface area contributed by atoms with Gasteiger partial charge in [-0.15, -0.1) is 10.2 Å². The molecule has 0 saturated carbocycles. The van der Waals surface area contributed by atoms with Gasteiger partial charge in [0, 0.05) is 12.5 Å². The number of rotatable bonds is 6. The first-order valence-corrected chi connectivity index (χ1v) is 7.93. The van der Waals surface area contributed by atoms with Gasteiger partial charge >= 0.3 is 0 Å². The summed E-state index contributed by atoms with van der Waals surface area (Å²) in [5.41, 5.74) is 8.79. The van der Waals surface area contributed by atoms with Crippen molar-refractivity contribution in [3.63, 3.8) is 0 Å². The Morgan fingerprint density at radius 1 is 1.18 bits per heavy atom. The summed E-state index contributed by atoms with van der Waals surface area (Å²) in [5, 5.41) is 14.2. The predicted octanol–water partition coefficient (Wildman–Crippen LogP) is 2.81. The van der Waals surface area contributed by atoms with Gasteiger partial charge < -0.3 is 5.73 Å². The molecule has 0 saturated heterocycles. The highest BCUT2D eigenvalue weighted by atomic mass is 15.5. The summed E-state index contributed by atoms with van der Waals surface area (Å²) in [6, 6.07) is 8.95. The lowest BCUT2D eigenvalue weighted by atomic mass is 9.85. The topological polar surface area (TPSA) is 80.5 Å². The summed E-state index contributed by atoms with van der Waals surface area (Å²) < 4.78 is 0. The van der Waals surface area contributed by atoms with Crippen LogP contribution >= 0.6 is 0 Å². The number of nitrogens with two attached hydrogens (primary N) is 1. The van der Waals surface area contributed by atoms with E-state index in [0.29, 0.717) is 12.5 Å². The zero-order chi connectivity index (χ0) is 16.2. The first-order valence-electron chi connectivity index (χ1n) is 7.93. The van der Waals surface area contributed by atoms with Gasteiger partial charge in [0.05, 0.1) is 0 Å². The van der Waals surface area contributed by atoms with Crippen molar-refractivity contribution in [3.05, 3.63) is 41.2 Å². The number of aromatic amines is 1. The van der Waals surface area contributed by atoms with Crippen molar-refractivity contribution in [1.82, 2.24) is 20.6 Å². The minimum absolute atomic E-state index is 0.169. The normalized spacial score (nSPS) is 14.8. The number of nitrogens with zero attached hydrogens (tertiary/aromatic N) is 3. The smallest absolute Gasteiger partial charge is 0.178 e. The molecule has 0 spiro atoms. The Balaban J connectivity index is 1.95. The number of hydrogen-bond donors (Lipinski definition) is 2. The van der Waals surface area contributed by atoms with E-state index in [1.54, 1.807) is 0 Å². The molecule has 0 bridgehead atoms. The van der Waals surface area contributed by atoms with Crippen LogP contribution in [0, 0.1) is 5.92 Å². The highest BCUT2D eigenvalue weighted by Gasteiger charge is 2.18. The molecule has 120 valence electrons. The Labute approximate surface area is 132 Å². The van der Waals surface area contributed by atoms with Crippen LogP contribution < -0.4 is 5.73 Å². The number of benzene rings is 1. The Kier molecular flexibility index (Phi) is 5.29. The second kappa shape index (κ2) is 7.01. The molecule has 1 heterocycles. The van der Waals surface area contributed by atoms with Gasteiger partial charge in [-0.3, -0.25) is 0 Å². The van der Waals surface area contributed by atoms with Crippen LogP contribution in [0.1, 0.15) is 57.0 Å². The maximum atomic E-state index is 5.85. The minimum Gasteiger partial charge on any atom is -0.330 e. The molecule has 5 heteroatoms. The van der Waals surface area contributed by atoms with Gasteiger partial charge in [-0.2, -0.15) is 5.21 Å². The van der Waals surface area contributed by atoms with Crippen molar-refractivity contribution in [2.75, 3.05) is 6.54 Å². The monoisotopic (exact) mass is 301 g/mol. The van der Waals surface area contributed by atoms with Crippen molar-refractivity contribution >= 4 is 0 Å². The molecule has 2 aromatic rings. The zero-order valence-electron chi connectivity index (χ0n) is 14.0. The third-order valence-electron chi connectivity index (χ3n) is 4.10. The molecule has 22 heavy (non-hydrogen) atoms. The Bertz CT molecular complexity index is 554. The lowest BCUT2D eigenvalue weighted by molar-refractivity contribution is 0.455. The predicted molar refractivity (Wildman–Crippen MR) is 88.6 cm³/mol. The average Bonchev–Trinajstić information content (AvgIpc) is 2.98. The molecule has 1 aromatic heterocycles. The molecule has 2 unspecified atom stereocenters. The Morgan fingerprint density at radius 2 is 1.86 bits per heavy atom. The van der Waals surface area contributed by atoms with E-state index in [4.69, 9.17) is 5.73 Å². The molecule has 0 amide bonds. The molecule has 2 atom stereocenters. The molecular weight excluding hydrogens is 274 g/mol. The highest BCUT2D eigenvalue weighted by molar-refractivity contribution is 5.27. The fraction of sp³-hybridized carbons (Fsp3) is 0.588. The lowest BCUT2D eigenvalue weighted by Gasteiger charge is -2.20. The van der Waals surface area contributed by atoms with Gasteiger partial charge in [0.25, 0.3) is 0 Å². The molecule has 0 aliphatic carbocycles. The lowest BCUT2D eigenvalue weighted by Crippen LogP contribution is -2.18. The van der Waals surface area contributed by atoms with Crippen molar-refractivity contribution in [3.8, 4) is 0 Å². The number of hydrogen-bond acceptors (Lipinski definition) is 4. The summed E-state index contributed by atoms with van der Waals surface area (Å²) >= 11 is 0. The largest absolute Gasteiger partial charge is 0.330 e. The molecule has 3 N–H and O–H groups in total. The van der Waals surface area contributed by atoms with Crippen molar-refractivity contribution in [1.29, 1.82) is 0 Å². The molecule has 0 aliphatic heterocycles. The highest BCUT2D eigenvalue weighted by Crippen LogP contribution is 2.25. The molecule has 0 radical (unpaired) electrons. The Morgan fingerprint density at radius 3 is 2.36 bits per heavy atom. The first kappa shape index (κ1) is 16.6. The summed E-state index contributed by atoms with van der Waals surface area (Å²) in [6.07, 6.45) is 2.01. The molecule has 1 aromatic carbocycles. The summed E-state index contributed by atoms with van der Waals surface area (Å²) in [7, 11) is 0. The number of H-pyrrole nitrogens is 1. The third kappa shape index (κ3) is 4.37. The van der Waals surface area contributed by atoms with Gasteiger partial charge in [-0.05, 0) is 35.3 Å². The second-order valence-corrected chi connectivity index (χ2v) is 7.19. The van der Waals surface area contributed by atoms with Gasteiger partial charge in [0.1, 0.15) is 0 Å². The van der Waals surface area contributed by atoms with E-state index in [2.05, 4.69) is 72.6 Å². The van der Waals surface area contributed by atoms with Crippen LogP contribution in [0.15, 0.2) is 24.3 Å². The van der Waals surface area contributed by atoms with E-state index >= 15 is 0 Å². The van der Waals surface area contributed by atoms with Gasteiger partial charge in [-0.25, -0.2) is 0 Å². The van der Waals surface area contributed by atoms with E-state index in [0.717, 1.165) is 18.7 Å². The molecular formula is C17H27N5. The number of aromatic nitrogens is 4. The van der Waals surface area contributed by atoms with Crippen LogP contribution in [0.5, 0.6) is 0 Å². The summed E-state index contributed by atoms with van der Waals surface area (Å²) in [6.45, 7) is 9.51. The second-order valence-electron chi connectivity index (χ2n) is 7.19. The average molecular weight is 301 g/mol. The van der Waals surface area contributed by atoms with Crippen LogP contribution in [0.3, 0.4) is 0 Å². The SMILES string of the molecule is CC(Cc1ccc(C(C)(C)C)cc1)CC(CN)c1nn[nH]n1. The van der Waals surface area contributed by atoms with Crippen molar-refractivity contribution < 1.29 is 0 Å². The molecule has 0 fully saturated rings. The maximum Gasteiger partial charge on any atom is 0.178 e. The van der Waals surface area contributed by atoms with E-state index in [1.165, 1.54) is 11.1 Å². The quantitative estimate of drug-likeness (QED) is 0.859. The van der Waals surface area contributed by atoms with Gasteiger partial charge in [0.2, 0.25) is 0 Å². The van der Waals surface area contributed by atoms with E-state index in [9.17, 15) is 0 Å². The Hall–Kier alpha value is -1.75. The van der Waals surface area contributed by atoms with Crippen LogP contribution in [-0.2, 0) is 11.8 Å². The fourth-order valence-corrected chi connectivity index (χ4v) is 2.76. The van der Waals surface area contributed by atoms with Gasteiger partial charge in [0.15, 0.2) is 5.82 Å². The number of nitrogens with one attached hydrogen (secondary N) is 1. The number of tetrazole rings is 1. The van der Waals surface area contributed by atoms with Crippen LogP contribution in [-0.4, -0.2) is 27.2 Å². The van der Waals surface area contributed by atoms with Crippen LogP contribution in [0.25, 0.3) is 0 Å². The summed E-state index contributed by atoms with van der Waals surface area (Å²) in [4.78, 5) is 0.